The first-order valence-electron chi connectivity index (χ1n) is 10.8. The van der Waals surface area contributed by atoms with Gasteiger partial charge >= 0.3 is 0 Å². The average molecular weight is 407 g/mol. The second-order valence-corrected chi connectivity index (χ2v) is 8.03. The Morgan fingerprint density at radius 3 is 2.83 bits per heavy atom. The van der Waals surface area contributed by atoms with E-state index in [2.05, 4.69) is 28.5 Å². The van der Waals surface area contributed by atoms with E-state index in [1.165, 1.54) is 12.0 Å². The first-order valence-corrected chi connectivity index (χ1v) is 10.8. The maximum Gasteiger partial charge on any atom is 0.248 e. The van der Waals surface area contributed by atoms with Crippen LogP contribution >= 0.6 is 0 Å². The topological polar surface area (TPSA) is 63.4 Å². The van der Waals surface area contributed by atoms with E-state index in [-0.39, 0.29) is 5.56 Å². The van der Waals surface area contributed by atoms with Gasteiger partial charge in [-0.05, 0) is 85.8 Å². The minimum Gasteiger partial charge on any atom is -0.496 e. The van der Waals surface area contributed by atoms with Crippen molar-refractivity contribution in [3.05, 3.63) is 70.5 Å². The number of benzene rings is 2. The number of para-hydroxylation sites is 1. The molecule has 0 amide bonds. The standard InChI is InChI=1S/C25H30N2O3/c1-29-24-8-4-3-7-21(24)22-15-19(22)17-26-13-5-2-6-14-30-20-11-9-18-10-12-25(28)27-23(18)16-20/h3-4,7-12,16,19,22,26H,2,5-6,13-15,17H2,1H3,(H,27,28). The van der Waals surface area contributed by atoms with Crippen LogP contribution in [0.3, 0.4) is 0 Å². The number of hydrogen-bond acceptors (Lipinski definition) is 4. The van der Waals surface area contributed by atoms with Crippen LogP contribution in [0.25, 0.3) is 10.9 Å². The Morgan fingerprint density at radius 1 is 1.07 bits per heavy atom. The molecule has 1 heterocycles. The van der Waals surface area contributed by atoms with Crippen LogP contribution in [0, 0.1) is 5.92 Å². The fourth-order valence-electron chi connectivity index (χ4n) is 4.05. The van der Waals surface area contributed by atoms with E-state index in [4.69, 9.17) is 9.47 Å². The Kier molecular flexibility index (Phi) is 6.70. The summed E-state index contributed by atoms with van der Waals surface area (Å²) >= 11 is 0. The molecule has 1 aliphatic rings. The van der Waals surface area contributed by atoms with Crippen molar-refractivity contribution in [2.45, 2.75) is 31.6 Å². The third-order valence-electron chi connectivity index (χ3n) is 5.83. The van der Waals surface area contributed by atoms with Crippen molar-refractivity contribution in [3.63, 3.8) is 0 Å². The summed E-state index contributed by atoms with van der Waals surface area (Å²) in [4.78, 5) is 14.3. The third-order valence-corrected chi connectivity index (χ3v) is 5.83. The summed E-state index contributed by atoms with van der Waals surface area (Å²) < 4.78 is 11.3. The molecule has 1 saturated carbocycles. The number of hydrogen-bond donors (Lipinski definition) is 2. The highest BCUT2D eigenvalue weighted by molar-refractivity contribution is 5.79. The lowest BCUT2D eigenvalue weighted by atomic mass is 10.1. The minimum absolute atomic E-state index is 0.0902. The maximum atomic E-state index is 11.4. The highest BCUT2D eigenvalue weighted by Gasteiger charge is 2.39. The molecule has 3 aromatic rings. The molecule has 1 aliphatic carbocycles. The van der Waals surface area contributed by atoms with Gasteiger partial charge in [-0.3, -0.25) is 4.79 Å². The highest BCUT2D eigenvalue weighted by Crippen LogP contribution is 2.49. The zero-order valence-corrected chi connectivity index (χ0v) is 17.5. The molecule has 1 aromatic heterocycles. The molecule has 0 aliphatic heterocycles. The highest BCUT2D eigenvalue weighted by atomic mass is 16.5. The monoisotopic (exact) mass is 406 g/mol. The minimum atomic E-state index is -0.0902. The van der Waals surface area contributed by atoms with Crippen LogP contribution in [0.1, 0.15) is 37.2 Å². The molecule has 2 N–H and O–H groups in total. The fourth-order valence-corrected chi connectivity index (χ4v) is 4.05. The number of nitrogens with one attached hydrogen (secondary N) is 2. The van der Waals surface area contributed by atoms with Gasteiger partial charge in [-0.15, -0.1) is 0 Å². The van der Waals surface area contributed by atoms with Crippen molar-refractivity contribution in [1.29, 1.82) is 0 Å². The molecule has 2 aromatic carbocycles. The van der Waals surface area contributed by atoms with Crippen LogP contribution in [-0.4, -0.2) is 31.8 Å². The Bertz CT molecular complexity index is 1030. The fraction of sp³-hybridized carbons (Fsp3) is 0.400. The largest absolute Gasteiger partial charge is 0.496 e. The number of rotatable bonds is 11. The van der Waals surface area contributed by atoms with Crippen molar-refractivity contribution in [1.82, 2.24) is 10.3 Å². The number of ether oxygens (including phenoxy) is 2. The van der Waals surface area contributed by atoms with Gasteiger partial charge in [-0.2, -0.15) is 0 Å². The van der Waals surface area contributed by atoms with Crippen molar-refractivity contribution >= 4 is 10.9 Å². The second-order valence-electron chi connectivity index (χ2n) is 8.03. The third kappa shape index (κ3) is 5.22. The van der Waals surface area contributed by atoms with E-state index in [9.17, 15) is 4.79 Å². The van der Waals surface area contributed by atoms with E-state index >= 15 is 0 Å². The van der Waals surface area contributed by atoms with Crippen LogP contribution in [0.15, 0.2) is 59.4 Å². The van der Waals surface area contributed by atoms with Crippen LogP contribution in [-0.2, 0) is 0 Å². The van der Waals surface area contributed by atoms with Crippen LogP contribution in [0.2, 0.25) is 0 Å². The predicted octanol–water partition coefficient (Wildman–Crippen LogP) is 4.48. The summed E-state index contributed by atoms with van der Waals surface area (Å²) in [5.41, 5.74) is 2.07. The first-order chi connectivity index (χ1) is 14.7. The SMILES string of the molecule is COc1ccccc1C1CC1CNCCCCCOc1ccc2ccc(=O)[nH]c2c1. The Balaban J connectivity index is 1.08. The van der Waals surface area contributed by atoms with Crippen molar-refractivity contribution in [2.75, 3.05) is 26.8 Å². The Labute approximate surface area is 177 Å². The smallest absolute Gasteiger partial charge is 0.248 e. The van der Waals surface area contributed by atoms with Crippen molar-refractivity contribution in [2.24, 2.45) is 5.92 Å². The number of fused-ring (bicyclic) bond motifs is 1. The van der Waals surface area contributed by atoms with Gasteiger partial charge in [0.15, 0.2) is 0 Å². The van der Waals surface area contributed by atoms with E-state index in [0.29, 0.717) is 12.5 Å². The van der Waals surface area contributed by atoms with Gasteiger partial charge in [-0.1, -0.05) is 18.2 Å². The number of methoxy groups -OCH3 is 1. The molecule has 5 heteroatoms. The van der Waals surface area contributed by atoms with Gasteiger partial charge in [0.2, 0.25) is 5.56 Å². The molecule has 30 heavy (non-hydrogen) atoms. The van der Waals surface area contributed by atoms with Gasteiger partial charge in [0, 0.05) is 12.1 Å². The van der Waals surface area contributed by atoms with E-state index < -0.39 is 0 Å². The molecule has 5 nitrogen and oxygen atoms in total. The molecular weight excluding hydrogens is 376 g/mol. The van der Waals surface area contributed by atoms with Crippen LogP contribution in [0.4, 0.5) is 0 Å². The lowest BCUT2D eigenvalue weighted by Gasteiger charge is -2.09. The first kappa shape index (κ1) is 20.5. The zero-order chi connectivity index (χ0) is 20.8. The predicted molar refractivity (Wildman–Crippen MR) is 121 cm³/mol. The maximum absolute atomic E-state index is 11.4. The molecule has 0 saturated heterocycles. The zero-order valence-electron chi connectivity index (χ0n) is 17.5. The van der Waals surface area contributed by atoms with Gasteiger partial charge in [0.1, 0.15) is 11.5 Å². The van der Waals surface area contributed by atoms with Crippen molar-refractivity contribution in [3.8, 4) is 11.5 Å². The summed E-state index contributed by atoms with van der Waals surface area (Å²) in [5, 5.41) is 4.61. The molecule has 0 spiro atoms. The summed E-state index contributed by atoms with van der Waals surface area (Å²) in [6.45, 7) is 2.82. The Hall–Kier alpha value is -2.79. The normalized spacial score (nSPS) is 17.8. The van der Waals surface area contributed by atoms with Gasteiger partial charge in [-0.25, -0.2) is 0 Å². The molecule has 0 radical (unpaired) electrons. The van der Waals surface area contributed by atoms with Gasteiger partial charge < -0.3 is 19.8 Å². The summed E-state index contributed by atoms with van der Waals surface area (Å²) in [5.74, 6) is 3.18. The molecule has 0 bridgehead atoms. The number of pyridine rings is 1. The van der Waals surface area contributed by atoms with Crippen molar-refractivity contribution < 1.29 is 9.47 Å². The van der Waals surface area contributed by atoms with E-state index in [0.717, 1.165) is 60.7 Å². The number of aromatic nitrogens is 1. The number of H-pyrrole nitrogens is 1. The molecule has 2 unspecified atom stereocenters. The van der Waals surface area contributed by atoms with Gasteiger partial charge in [0.05, 0.1) is 19.2 Å². The summed E-state index contributed by atoms with van der Waals surface area (Å²) in [7, 11) is 1.75. The average Bonchev–Trinajstić information content (AvgIpc) is 3.54. The van der Waals surface area contributed by atoms with Crippen LogP contribution < -0.4 is 20.3 Å². The quantitative estimate of drug-likeness (QED) is 0.461. The molecule has 1 fully saturated rings. The van der Waals surface area contributed by atoms with Gasteiger partial charge in [0.25, 0.3) is 0 Å². The molecule has 2 atom stereocenters. The van der Waals surface area contributed by atoms with E-state index in [1.54, 1.807) is 13.2 Å². The second kappa shape index (κ2) is 9.81. The molecule has 4 rings (SSSR count). The van der Waals surface area contributed by atoms with E-state index in [1.807, 2.05) is 30.3 Å². The number of unbranched alkanes of at least 4 members (excludes halogenated alkanes) is 2. The lowest BCUT2D eigenvalue weighted by molar-refractivity contribution is 0.305. The molecule has 158 valence electrons. The summed E-state index contributed by atoms with van der Waals surface area (Å²) in [6.07, 6.45) is 4.56. The summed E-state index contributed by atoms with van der Waals surface area (Å²) in [6, 6.07) is 17.6. The Morgan fingerprint density at radius 2 is 1.93 bits per heavy atom. The van der Waals surface area contributed by atoms with Crippen LogP contribution in [0.5, 0.6) is 11.5 Å². The molecular formula is C25H30N2O3. The number of aromatic amines is 1. The lowest BCUT2D eigenvalue weighted by Crippen LogP contribution is -2.18.